The number of aromatic nitrogens is 2. The van der Waals surface area contributed by atoms with Crippen molar-refractivity contribution in [3.8, 4) is 0 Å². The van der Waals surface area contributed by atoms with Crippen LogP contribution in [0.3, 0.4) is 0 Å². The third-order valence-electron chi connectivity index (χ3n) is 5.03. The minimum atomic E-state index is -0.185. The van der Waals surface area contributed by atoms with E-state index in [1.165, 1.54) is 0 Å². The molecule has 27 heavy (non-hydrogen) atoms. The normalized spacial score (nSPS) is 15.5. The van der Waals surface area contributed by atoms with Gasteiger partial charge in [0.05, 0.1) is 17.1 Å². The number of nitrogens with one attached hydrogen (secondary N) is 1. The van der Waals surface area contributed by atoms with E-state index in [4.69, 9.17) is 11.6 Å². The number of nitrogens with zero attached hydrogens (tertiary/aromatic N) is 4. The average molecular weight is 388 g/mol. The molecule has 0 aliphatic carbocycles. The van der Waals surface area contributed by atoms with Crippen LogP contribution in [-0.2, 0) is 11.8 Å². The van der Waals surface area contributed by atoms with Gasteiger partial charge in [-0.1, -0.05) is 11.6 Å². The molecule has 0 saturated carbocycles. The fraction of sp³-hybridized carbons (Fsp3) is 0.400. The molecule has 1 aliphatic rings. The van der Waals surface area contributed by atoms with Crippen LogP contribution >= 0.6 is 11.6 Å². The summed E-state index contributed by atoms with van der Waals surface area (Å²) in [6, 6.07) is 5.65. The Bertz CT molecular complexity index is 865. The maximum Gasteiger partial charge on any atom is 0.248 e. The molecule has 0 radical (unpaired) electrons. The van der Waals surface area contributed by atoms with Gasteiger partial charge in [0, 0.05) is 55.6 Å². The minimum Gasteiger partial charge on any atom is -0.367 e. The maximum atomic E-state index is 12.5. The first-order valence-corrected chi connectivity index (χ1v) is 9.45. The minimum absolute atomic E-state index is 0.185. The molecule has 0 atom stereocenters. The number of carbonyl (C=O) groups is 1. The van der Waals surface area contributed by atoms with Gasteiger partial charge < -0.3 is 15.1 Å². The zero-order valence-electron chi connectivity index (χ0n) is 16.3. The van der Waals surface area contributed by atoms with Crippen LogP contribution in [0.15, 0.2) is 24.3 Å². The van der Waals surface area contributed by atoms with Gasteiger partial charge in [0.25, 0.3) is 0 Å². The Kier molecular flexibility index (Phi) is 5.87. The smallest absolute Gasteiger partial charge is 0.248 e. The van der Waals surface area contributed by atoms with E-state index in [1.807, 2.05) is 49.9 Å². The summed E-state index contributed by atoms with van der Waals surface area (Å²) < 4.78 is 1.81. The lowest BCUT2D eigenvalue weighted by molar-refractivity contribution is -0.111. The van der Waals surface area contributed by atoms with Crippen LogP contribution in [0.4, 0.5) is 11.4 Å². The molecule has 6 nitrogen and oxygen atoms in total. The molecule has 1 saturated heterocycles. The van der Waals surface area contributed by atoms with Crippen LogP contribution in [0, 0.1) is 13.8 Å². The van der Waals surface area contributed by atoms with Crippen molar-refractivity contribution in [2.75, 3.05) is 43.4 Å². The zero-order chi connectivity index (χ0) is 19.6. The van der Waals surface area contributed by atoms with Crippen molar-refractivity contribution in [3.63, 3.8) is 0 Å². The second-order valence-corrected chi connectivity index (χ2v) is 7.42. The highest BCUT2D eigenvalue weighted by atomic mass is 35.5. The number of amides is 1. The predicted octanol–water partition coefficient (Wildman–Crippen LogP) is 3.09. The van der Waals surface area contributed by atoms with E-state index in [9.17, 15) is 4.79 Å². The third-order valence-corrected chi connectivity index (χ3v) is 5.26. The Balaban J connectivity index is 1.77. The lowest BCUT2D eigenvalue weighted by atomic mass is 10.2. The van der Waals surface area contributed by atoms with Gasteiger partial charge in [0.1, 0.15) is 0 Å². The molecular formula is C20H26ClN5O. The maximum absolute atomic E-state index is 12.5. The molecule has 1 aromatic carbocycles. The number of rotatable bonds is 4. The highest BCUT2D eigenvalue weighted by Crippen LogP contribution is 2.30. The second-order valence-electron chi connectivity index (χ2n) is 6.98. The van der Waals surface area contributed by atoms with Crippen LogP contribution < -0.4 is 10.2 Å². The van der Waals surface area contributed by atoms with Gasteiger partial charge in [-0.05, 0) is 45.2 Å². The molecule has 0 unspecified atom stereocenters. The molecule has 144 valence electrons. The number of anilines is 2. The molecule has 1 amide bonds. The van der Waals surface area contributed by atoms with Crippen LogP contribution in [0.1, 0.15) is 17.0 Å². The fourth-order valence-corrected chi connectivity index (χ4v) is 3.47. The largest absolute Gasteiger partial charge is 0.367 e. The number of likely N-dealkylation sites (N-methyl/N-ethyl adjacent to an activating group) is 1. The topological polar surface area (TPSA) is 53.4 Å². The van der Waals surface area contributed by atoms with Crippen LogP contribution in [-0.4, -0.2) is 53.8 Å². The number of aryl methyl sites for hydroxylation is 2. The molecule has 2 aromatic rings. The van der Waals surface area contributed by atoms with Crippen molar-refractivity contribution in [3.05, 3.63) is 46.2 Å². The Morgan fingerprint density at radius 2 is 1.89 bits per heavy atom. The van der Waals surface area contributed by atoms with Gasteiger partial charge >= 0.3 is 0 Å². The van der Waals surface area contributed by atoms with Gasteiger partial charge in [-0.2, -0.15) is 5.10 Å². The summed E-state index contributed by atoms with van der Waals surface area (Å²) in [5.74, 6) is -0.185. The van der Waals surface area contributed by atoms with Crippen molar-refractivity contribution in [2.45, 2.75) is 13.8 Å². The van der Waals surface area contributed by atoms with E-state index < -0.39 is 0 Å². The highest BCUT2D eigenvalue weighted by Gasteiger charge is 2.18. The van der Waals surface area contributed by atoms with Gasteiger partial charge in [-0.3, -0.25) is 9.48 Å². The fourth-order valence-electron chi connectivity index (χ4n) is 3.30. The van der Waals surface area contributed by atoms with E-state index in [2.05, 4.69) is 27.3 Å². The van der Waals surface area contributed by atoms with E-state index in [1.54, 1.807) is 6.08 Å². The first kappa shape index (κ1) is 19.5. The number of benzene rings is 1. The molecule has 0 spiro atoms. The first-order valence-electron chi connectivity index (χ1n) is 9.07. The lowest BCUT2D eigenvalue weighted by Crippen LogP contribution is -2.44. The van der Waals surface area contributed by atoms with Crippen LogP contribution in [0.2, 0.25) is 5.02 Å². The number of hydrogen-bond donors (Lipinski definition) is 1. The first-order chi connectivity index (χ1) is 12.8. The second kappa shape index (κ2) is 8.15. The molecular weight excluding hydrogens is 362 g/mol. The van der Waals surface area contributed by atoms with Crippen molar-refractivity contribution < 1.29 is 4.79 Å². The summed E-state index contributed by atoms with van der Waals surface area (Å²) in [6.07, 6.45) is 3.36. The number of piperazine rings is 1. The van der Waals surface area contributed by atoms with Gasteiger partial charge in [0.2, 0.25) is 5.91 Å². The van der Waals surface area contributed by atoms with E-state index in [0.29, 0.717) is 5.02 Å². The van der Waals surface area contributed by atoms with Crippen molar-refractivity contribution >= 4 is 35.0 Å². The van der Waals surface area contributed by atoms with Gasteiger partial charge in [-0.25, -0.2) is 0 Å². The van der Waals surface area contributed by atoms with Crippen molar-refractivity contribution in [2.24, 2.45) is 7.05 Å². The Morgan fingerprint density at radius 1 is 1.19 bits per heavy atom. The molecule has 1 aliphatic heterocycles. The number of carbonyl (C=O) groups excluding carboxylic acids is 1. The number of hydrogen-bond acceptors (Lipinski definition) is 4. The molecule has 0 bridgehead atoms. The number of halogens is 1. The summed E-state index contributed by atoms with van der Waals surface area (Å²) in [4.78, 5) is 17.1. The standard InChI is InChI=1S/C20H26ClN5O/c1-14-17(15(2)25(4)23-14)6-8-20(27)22-18-13-16(21)5-7-19(18)26-11-9-24(3)10-12-26/h5-8,13H,9-12H2,1-4H3,(H,22,27)/b8-6+. The molecule has 1 fully saturated rings. The summed E-state index contributed by atoms with van der Waals surface area (Å²) in [7, 11) is 4.02. The molecule has 1 N–H and O–H groups in total. The van der Waals surface area contributed by atoms with E-state index in [-0.39, 0.29) is 5.91 Å². The summed E-state index contributed by atoms with van der Waals surface area (Å²) in [5.41, 5.74) is 4.64. The summed E-state index contributed by atoms with van der Waals surface area (Å²) in [6.45, 7) is 7.76. The molecule has 7 heteroatoms. The Hall–Kier alpha value is -2.31. The summed E-state index contributed by atoms with van der Waals surface area (Å²) in [5, 5.41) is 7.96. The van der Waals surface area contributed by atoms with E-state index >= 15 is 0 Å². The molecule has 3 rings (SSSR count). The van der Waals surface area contributed by atoms with Crippen molar-refractivity contribution in [1.82, 2.24) is 14.7 Å². The van der Waals surface area contributed by atoms with Gasteiger partial charge in [-0.15, -0.1) is 0 Å². The predicted molar refractivity (Wildman–Crippen MR) is 112 cm³/mol. The lowest BCUT2D eigenvalue weighted by Gasteiger charge is -2.35. The molecule has 1 aromatic heterocycles. The summed E-state index contributed by atoms with van der Waals surface area (Å²) >= 11 is 6.17. The Labute approximate surface area is 165 Å². The monoisotopic (exact) mass is 387 g/mol. The van der Waals surface area contributed by atoms with E-state index in [0.717, 1.165) is 54.5 Å². The molecule has 2 heterocycles. The van der Waals surface area contributed by atoms with Crippen LogP contribution in [0.25, 0.3) is 6.08 Å². The third kappa shape index (κ3) is 4.51. The zero-order valence-corrected chi connectivity index (χ0v) is 17.0. The SMILES string of the molecule is Cc1nn(C)c(C)c1/C=C/C(=O)Nc1cc(Cl)ccc1N1CCN(C)CC1. The average Bonchev–Trinajstić information content (AvgIpc) is 2.86. The quantitative estimate of drug-likeness (QED) is 0.819. The van der Waals surface area contributed by atoms with Gasteiger partial charge in [0.15, 0.2) is 0 Å². The van der Waals surface area contributed by atoms with Crippen LogP contribution in [0.5, 0.6) is 0 Å². The Morgan fingerprint density at radius 3 is 2.52 bits per heavy atom. The van der Waals surface area contributed by atoms with Crippen molar-refractivity contribution in [1.29, 1.82) is 0 Å². The highest BCUT2D eigenvalue weighted by molar-refractivity contribution is 6.31.